The Morgan fingerprint density at radius 2 is 1.22 bits per heavy atom. The second-order valence-electron chi connectivity index (χ2n) is 8.27. The van der Waals surface area contributed by atoms with E-state index in [0.717, 1.165) is 21.9 Å². The van der Waals surface area contributed by atoms with Gasteiger partial charge >= 0.3 is 0 Å². The molecule has 0 fully saturated rings. The van der Waals surface area contributed by atoms with E-state index in [4.69, 9.17) is 0 Å². The SMILES string of the molecule is CCCC(=O)N1C(c2ccccc2)c2c(O)ccc3ccc(O)c(c23)C1c1ccccc1. The molecule has 0 aliphatic carbocycles. The van der Waals surface area contributed by atoms with Gasteiger partial charge in [0.25, 0.3) is 0 Å². The average molecular weight is 424 g/mol. The van der Waals surface area contributed by atoms with Crippen molar-refractivity contribution in [1.29, 1.82) is 0 Å². The van der Waals surface area contributed by atoms with Crippen molar-refractivity contribution >= 4 is 16.7 Å². The van der Waals surface area contributed by atoms with Gasteiger partial charge in [-0.2, -0.15) is 0 Å². The largest absolute Gasteiger partial charge is 0.508 e. The number of nitrogens with zero attached hydrogens (tertiary/aromatic N) is 1. The van der Waals surface area contributed by atoms with Gasteiger partial charge in [0.2, 0.25) is 5.91 Å². The molecular formula is C28H25NO3. The molecule has 1 aliphatic heterocycles. The molecule has 1 amide bonds. The van der Waals surface area contributed by atoms with Gasteiger partial charge in [-0.3, -0.25) is 4.79 Å². The van der Waals surface area contributed by atoms with Crippen molar-refractivity contribution in [2.24, 2.45) is 0 Å². The third-order valence-electron chi connectivity index (χ3n) is 6.31. The topological polar surface area (TPSA) is 60.8 Å². The molecule has 4 aromatic carbocycles. The molecule has 0 saturated heterocycles. The highest BCUT2D eigenvalue weighted by molar-refractivity contribution is 5.96. The molecule has 0 saturated carbocycles. The summed E-state index contributed by atoms with van der Waals surface area (Å²) in [5.41, 5.74) is 3.18. The van der Waals surface area contributed by atoms with Gasteiger partial charge in [0, 0.05) is 22.9 Å². The van der Waals surface area contributed by atoms with Gasteiger partial charge in [-0.15, -0.1) is 0 Å². The normalized spacial score (nSPS) is 17.5. The Balaban J connectivity index is 1.92. The lowest BCUT2D eigenvalue weighted by atomic mass is 9.79. The predicted molar refractivity (Wildman–Crippen MR) is 126 cm³/mol. The molecule has 0 spiro atoms. The highest BCUT2D eigenvalue weighted by atomic mass is 16.3. The number of phenols is 2. The number of aromatic hydroxyl groups is 2. The van der Waals surface area contributed by atoms with Crippen LogP contribution in [0.25, 0.3) is 10.8 Å². The third-order valence-corrected chi connectivity index (χ3v) is 6.31. The van der Waals surface area contributed by atoms with Gasteiger partial charge < -0.3 is 15.1 Å². The van der Waals surface area contributed by atoms with Crippen LogP contribution in [0.1, 0.15) is 54.1 Å². The fraction of sp³-hybridized carbons (Fsp3) is 0.179. The van der Waals surface area contributed by atoms with Gasteiger partial charge in [0.05, 0.1) is 12.1 Å². The van der Waals surface area contributed by atoms with Crippen LogP contribution < -0.4 is 0 Å². The lowest BCUT2D eigenvalue weighted by Gasteiger charge is -2.44. The molecule has 4 heteroatoms. The van der Waals surface area contributed by atoms with Crippen molar-refractivity contribution in [3.05, 3.63) is 107 Å². The molecule has 4 aromatic rings. The zero-order valence-corrected chi connectivity index (χ0v) is 17.9. The summed E-state index contributed by atoms with van der Waals surface area (Å²) in [6.07, 6.45) is 1.09. The molecule has 2 N–H and O–H groups in total. The highest BCUT2D eigenvalue weighted by Gasteiger charge is 2.42. The lowest BCUT2D eigenvalue weighted by Crippen LogP contribution is -2.41. The first-order valence-electron chi connectivity index (χ1n) is 11.0. The first-order valence-corrected chi connectivity index (χ1v) is 11.0. The van der Waals surface area contributed by atoms with E-state index in [-0.39, 0.29) is 17.4 Å². The molecular weight excluding hydrogens is 398 g/mol. The minimum atomic E-state index is -0.474. The van der Waals surface area contributed by atoms with Crippen molar-refractivity contribution in [2.45, 2.75) is 31.8 Å². The molecule has 1 aliphatic rings. The van der Waals surface area contributed by atoms with Crippen molar-refractivity contribution in [3.8, 4) is 11.5 Å². The van der Waals surface area contributed by atoms with Crippen LogP contribution >= 0.6 is 0 Å². The highest BCUT2D eigenvalue weighted by Crippen LogP contribution is 2.53. The Hall–Kier alpha value is -3.79. The number of carbonyl (C=O) groups excluding carboxylic acids is 1. The molecule has 160 valence electrons. The first-order chi connectivity index (χ1) is 15.6. The summed E-state index contributed by atoms with van der Waals surface area (Å²) >= 11 is 0. The maximum Gasteiger partial charge on any atom is 0.224 e. The van der Waals surface area contributed by atoms with E-state index in [1.807, 2.05) is 84.6 Å². The number of benzene rings is 4. The Kier molecular flexibility index (Phi) is 5.06. The predicted octanol–water partition coefficient (Wildman–Crippen LogP) is 6.07. The maximum atomic E-state index is 13.7. The van der Waals surface area contributed by atoms with E-state index in [2.05, 4.69) is 0 Å². The second kappa shape index (κ2) is 8.04. The second-order valence-corrected chi connectivity index (χ2v) is 8.27. The minimum absolute atomic E-state index is 0.0134. The van der Waals surface area contributed by atoms with Crippen LogP contribution in [-0.2, 0) is 4.79 Å². The van der Waals surface area contributed by atoms with Crippen molar-refractivity contribution in [2.75, 3.05) is 0 Å². The van der Waals surface area contributed by atoms with E-state index in [9.17, 15) is 15.0 Å². The number of rotatable bonds is 4. The Morgan fingerprint density at radius 3 is 1.66 bits per heavy atom. The number of carbonyl (C=O) groups is 1. The summed E-state index contributed by atoms with van der Waals surface area (Å²) in [7, 11) is 0. The summed E-state index contributed by atoms with van der Waals surface area (Å²) in [5, 5.41) is 23.9. The average Bonchev–Trinajstić information content (AvgIpc) is 2.83. The first kappa shape index (κ1) is 20.1. The van der Waals surface area contributed by atoms with Crippen LogP contribution in [0, 0.1) is 0 Å². The monoisotopic (exact) mass is 423 g/mol. The standard InChI is InChI=1S/C28H25NO3/c1-2-9-23(32)29-27(19-10-5-3-6-11-19)25-21(30)16-14-18-15-17-22(31)26(24(18)25)28(29)20-12-7-4-8-13-20/h3-8,10-17,27-28,30-31H,2,9H2,1H3. The number of amides is 1. The van der Waals surface area contributed by atoms with Gasteiger partial charge in [-0.1, -0.05) is 79.7 Å². The third kappa shape index (κ3) is 3.11. The van der Waals surface area contributed by atoms with Crippen LogP contribution in [-0.4, -0.2) is 21.0 Å². The van der Waals surface area contributed by atoms with E-state index in [1.54, 1.807) is 12.1 Å². The van der Waals surface area contributed by atoms with E-state index < -0.39 is 12.1 Å². The van der Waals surface area contributed by atoms with Crippen LogP contribution in [0.4, 0.5) is 0 Å². The Bertz CT molecular complexity index is 1200. The van der Waals surface area contributed by atoms with Gasteiger partial charge in [-0.25, -0.2) is 0 Å². The van der Waals surface area contributed by atoms with Crippen LogP contribution in [0.2, 0.25) is 0 Å². The number of hydrogen-bond donors (Lipinski definition) is 2. The molecule has 0 aromatic heterocycles. The molecule has 32 heavy (non-hydrogen) atoms. The number of phenolic OH excluding ortho intramolecular Hbond substituents is 2. The maximum absolute atomic E-state index is 13.7. The summed E-state index contributed by atoms with van der Waals surface area (Å²) < 4.78 is 0. The zero-order valence-electron chi connectivity index (χ0n) is 17.9. The zero-order chi connectivity index (χ0) is 22.2. The summed E-state index contributed by atoms with van der Waals surface area (Å²) in [6.45, 7) is 1.99. The van der Waals surface area contributed by atoms with E-state index in [0.29, 0.717) is 24.0 Å². The lowest BCUT2D eigenvalue weighted by molar-refractivity contribution is -0.135. The van der Waals surface area contributed by atoms with Crippen molar-refractivity contribution in [3.63, 3.8) is 0 Å². The fourth-order valence-corrected chi connectivity index (χ4v) is 4.99. The van der Waals surface area contributed by atoms with Gasteiger partial charge in [-0.05, 0) is 35.1 Å². The minimum Gasteiger partial charge on any atom is -0.508 e. The van der Waals surface area contributed by atoms with Gasteiger partial charge in [0.15, 0.2) is 0 Å². The summed E-state index contributed by atoms with van der Waals surface area (Å²) in [6, 6.07) is 25.8. The van der Waals surface area contributed by atoms with Crippen LogP contribution in [0.5, 0.6) is 11.5 Å². The number of hydrogen-bond acceptors (Lipinski definition) is 3. The Morgan fingerprint density at radius 1 is 0.750 bits per heavy atom. The van der Waals surface area contributed by atoms with E-state index in [1.165, 1.54) is 0 Å². The molecule has 5 rings (SSSR count). The molecule has 1 heterocycles. The van der Waals surface area contributed by atoms with Crippen molar-refractivity contribution in [1.82, 2.24) is 4.90 Å². The smallest absolute Gasteiger partial charge is 0.224 e. The Labute approximate surface area is 187 Å². The molecule has 4 nitrogen and oxygen atoms in total. The summed E-state index contributed by atoms with van der Waals surface area (Å²) in [4.78, 5) is 15.5. The van der Waals surface area contributed by atoms with E-state index >= 15 is 0 Å². The molecule has 0 radical (unpaired) electrons. The molecule has 0 bridgehead atoms. The van der Waals surface area contributed by atoms with Gasteiger partial charge in [0.1, 0.15) is 11.5 Å². The summed E-state index contributed by atoms with van der Waals surface area (Å²) in [5.74, 6) is 0.235. The van der Waals surface area contributed by atoms with Crippen LogP contribution in [0.15, 0.2) is 84.9 Å². The molecule has 2 atom stereocenters. The van der Waals surface area contributed by atoms with Crippen LogP contribution in [0.3, 0.4) is 0 Å². The quantitative estimate of drug-likeness (QED) is 0.419. The van der Waals surface area contributed by atoms with Crippen molar-refractivity contribution < 1.29 is 15.0 Å². The molecule has 2 unspecified atom stereocenters. The fourth-order valence-electron chi connectivity index (χ4n) is 4.99.